The molecule has 2 aliphatic rings. The summed E-state index contributed by atoms with van der Waals surface area (Å²) in [6.45, 7) is 7.42. The van der Waals surface area contributed by atoms with Crippen molar-refractivity contribution in [1.29, 1.82) is 0 Å². The standard InChI is InChI=1S/C26H34N4O3S/c1-3-33-23(31)17-19(2)27-25(34)30-16-13-26(18-30)11-14-29(15-12-26)24(32)28-22-10-6-8-20-7-4-5-9-21(20)22/h4-10,19H,3,11-18H2,1-2H3,(H,27,34)(H,28,32). The van der Waals surface area contributed by atoms with Gasteiger partial charge in [0.25, 0.3) is 0 Å². The number of amides is 2. The number of piperidine rings is 1. The second-order valence-corrected chi connectivity index (χ2v) is 9.86. The van der Waals surface area contributed by atoms with Crippen LogP contribution in [0.2, 0.25) is 0 Å². The van der Waals surface area contributed by atoms with E-state index in [0.717, 1.165) is 61.9 Å². The monoisotopic (exact) mass is 482 g/mol. The molecule has 0 aromatic heterocycles. The van der Waals surface area contributed by atoms with Gasteiger partial charge in [-0.25, -0.2) is 4.79 Å². The summed E-state index contributed by atoms with van der Waals surface area (Å²) in [4.78, 5) is 28.8. The van der Waals surface area contributed by atoms with Crippen LogP contribution >= 0.6 is 12.2 Å². The van der Waals surface area contributed by atoms with Gasteiger partial charge in [-0.15, -0.1) is 0 Å². The molecular formula is C26H34N4O3S. The Labute approximate surface area is 206 Å². The lowest BCUT2D eigenvalue weighted by Gasteiger charge is -2.39. The summed E-state index contributed by atoms with van der Waals surface area (Å²) in [6, 6.07) is 14.0. The van der Waals surface area contributed by atoms with Gasteiger partial charge in [0, 0.05) is 37.6 Å². The van der Waals surface area contributed by atoms with Crippen LogP contribution in [-0.4, -0.2) is 65.7 Å². The van der Waals surface area contributed by atoms with Crippen molar-refractivity contribution in [3.8, 4) is 0 Å². The molecule has 1 spiro atoms. The molecule has 0 radical (unpaired) electrons. The summed E-state index contributed by atoms with van der Waals surface area (Å²) in [5.74, 6) is -0.211. The van der Waals surface area contributed by atoms with Crippen molar-refractivity contribution in [1.82, 2.24) is 15.1 Å². The molecule has 182 valence electrons. The fourth-order valence-electron chi connectivity index (χ4n) is 5.05. The van der Waals surface area contributed by atoms with Gasteiger partial charge in [0.05, 0.1) is 18.7 Å². The highest BCUT2D eigenvalue weighted by molar-refractivity contribution is 7.80. The first-order valence-electron chi connectivity index (χ1n) is 12.1. The van der Waals surface area contributed by atoms with Gasteiger partial charge < -0.3 is 25.2 Å². The lowest BCUT2D eigenvalue weighted by atomic mass is 9.78. The molecule has 1 unspecified atom stereocenters. The van der Waals surface area contributed by atoms with Crippen molar-refractivity contribution < 1.29 is 14.3 Å². The molecule has 2 saturated heterocycles. The number of rotatable bonds is 5. The van der Waals surface area contributed by atoms with Gasteiger partial charge in [-0.1, -0.05) is 36.4 Å². The molecule has 2 N–H and O–H groups in total. The maximum absolute atomic E-state index is 13.0. The maximum atomic E-state index is 13.0. The summed E-state index contributed by atoms with van der Waals surface area (Å²) in [5, 5.41) is 9.27. The fourth-order valence-corrected chi connectivity index (χ4v) is 5.41. The molecule has 2 aliphatic heterocycles. The number of thiocarbonyl (C=S) groups is 1. The van der Waals surface area contributed by atoms with Crippen molar-refractivity contribution in [2.75, 3.05) is 38.1 Å². The van der Waals surface area contributed by atoms with Crippen LogP contribution < -0.4 is 10.6 Å². The topological polar surface area (TPSA) is 73.9 Å². The molecule has 2 heterocycles. The number of nitrogens with one attached hydrogen (secondary N) is 2. The molecule has 0 saturated carbocycles. The van der Waals surface area contributed by atoms with E-state index < -0.39 is 0 Å². The third-order valence-corrected chi connectivity index (χ3v) is 7.39. The van der Waals surface area contributed by atoms with E-state index in [-0.39, 0.29) is 23.5 Å². The van der Waals surface area contributed by atoms with Gasteiger partial charge in [-0.05, 0) is 62.2 Å². The highest BCUT2D eigenvalue weighted by Gasteiger charge is 2.42. The Morgan fingerprint density at radius 3 is 2.47 bits per heavy atom. The zero-order valence-electron chi connectivity index (χ0n) is 20.0. The number of carbonyl (C=O) groups excluding carboxylic acids is 2. The van der Waals surface area contributed by atoms with Crippen molar-refractivity contribution in [2.24, 2.45) is 5.41 Å². The number of esters is 1. The van der Waals surface area contributed by atoms with Crippen LogP contribution in [0.15, 0.2) is 42.5 Å². The van der Waals surface area contributed by atoms with Crippen LogP contribution in [-0.2, 0) is 9.53 Å². The first kappa shape index (κ1) is 24.3. The Balaban J connectivity index is 1.27. The van der Waals surface area contributed by atoms with Crippen LogP contribution in [0.5, 0.6) is 0 Å². The van der Waals surface area contributed by atoms with Gasteiger partial charge >= 0.3 is 12.0 Å². The predicted octanol–water partition coefficient (Wildman–Crippen LogP) is 4.38. The number of fused-ring (bicyclic) bond motifs is 1. The SMILES string of the molecule is CCOC(=O)CC(C)NC(=S)N1CCC2(CCN(C(=O)Nc3cccc4ccccc34)CC2)C1. The molecule has 2 aromatic carbocycles. The number of hydrogen-bond acceptors (Lipinski definition) is 4. The Kier molecular flexibility index (Phi) is 7.56. The van der Waals surface area contributed by atoms with E-state index in [0.29, 0.717) is 18.1 Å². The van der Waals surface area contributed by atoms with E-state index in [1.54, 1.807) is 0 Å². The number of likely N-dealkylation sites (tertiary alicyclic amines) is 2. The van der Waals surface area contributed by atoms with E-state index in [2.05, 4.69) is 27.7 Å². The minimum Gasteiger partial charge on any atom is -0.466 e. The molecule has 2 aromatic rings. The Hall–Kier alpha value is -2.87. The van der Waals surface area contributed by atoms with Crippen LogP contribution in [0.1, 0.15) is 39.5 Å². The molecule has 34 heavy (non-hydrogen) atoms. The van der Waals surface area contributed by atoms with E-state index >= 15 is 0 Å². The normalized spacial score (nSPS) is 18.1. The number of hydrogen-bond donors (Lipinski definition) is 2. The van der Waals surface area contributed by atoms with Crippen molar-refractivity contribution in [2.45, 2.75) is 45.6 Å². The lowest BCUT2D eigenvalue weighted by molar-refractivity contribution is -0.143. The summed E-state index contributed by atoms with van der Waals surface area (Å²) in [6.07, 6.45) is 3.30. The number of benzene rings is 2. The Morgan fingerprint density at radius 2 is 1.74 bits per heavy atom. The second-order valence-electron chi connectivity index (χ2n) is 9.48. The average Bonchev–Trinajstić information content (AvgIpc) is 3.23. The van der Waals surface area contributed by atoms with Gasteiger partial charge in [-0.3, -0.25) is 4.79 Å². The molecule has 2 fully saturated rings. The van der Waals surface area contributed by atoms with Crippen molar-refractivity contribution in [3.05, 3.63) is 42.5 Å². The number of ether oxygens (including phenoxy) is 1. The molecule has 7 nitrogen and oxygen atoms in total. The smallest absolute Gasteiger partial charge is 0.321 e. The summed E-state index contributed by atoms with van der Waals surface area (Å²) >= 11 is 5.62. The lowest BCUT2D eigenvalue weighted by Crippen LogP contribution is -2.47. The Morgan fingerprint density at radius 1 is 1.06 bits per heavy atom. The number of anilines is 1. The quantitative estimate of drug-likeness (QED) is 0.487. The van der Waals surface area contributed by atoms with E-state index in [1.165, 1.54) is 0 Å². The van der Waals surface area contributed by atoms with E-state index in [1.807, 2.05) is 49.1 Å². The zero-order valence-corrected chi connectivity index (χ0v) is 20.8. The van der Waals surface area contributed by atoms with Crippen molar-refractivity contribution in [3.63, 3.8) is 0 Å². The van der Waals surface area contributed by atoms with Crippen LogP contribution in [0, 0.1) is 5.41 Å². The minimum atomic E-state index is -0.211. The Bertz CT molecular complexity index is 1050. The van der Waals surface area contributed by atoms with Gasteiger partial charge in [0.1, 0.15) is 0 Å². The van der Waals surface area contributed by atoms with Crippen LogP contribution in [0.4, 0.5) is 10.5 Å². The number of nitrogens with zero attached hydrogens (tertiary/aromatic N) is 2. The maximum Gasteiger partial charge on any atom is 0.321 e. The fraction of sp³-hybridized carbons (Fsp3) is 0.500. The third kappa shape index (κ3) is 5.60. The second kappa shape index (κ2) is 10.6. The van der Waals surface area contributed by atoms with Gasteiger partial charge in [0.15, 0.2) is 5.11 Å². The summed E-state index contributed by atoms with van der Waals surface area (Å²) < 4.78 is 5.02. The molecule has 0 aliphatic carbocycles. The van der Waals surface area contributed by atoms with Crippen molar-refractivity contribution >= 4 is 45.8 Å². The first-order valence-corrected chi connectivity index (χ1v) is 12.5. The highest BCUT2D eigenvalue weighted by Crippen LogP contribution is 2.40. The average molecular weight is 483 g/mol. The number of carbonyl (C=O) groups is 2. The summed E-state index contributed by atoms with van der Waals surface area (Å²) in [5.41, 5.74) is 1.04. The molecule has 4 rings (SSSR count). The van der Waals surface area contributed by atoms with E-state index in [4.69, 9.17) is 17.0 Å². The van der Waals surface area contributed by atoms with E-state index in [9.17, 15) is 9.59 Å². The minimum absolute atomic E-state index is 0.0361. The zero-order chi connectivity index (χ0) is 24.1. The molecule has 2 amide bonds. The summed E-state index contributed by atoms with van der Waals surface area (Å²) in [7, 11) is 0. The van der Waals surface area contributed by atoms with Crippen LogP contribution in [0.3, 0.4) is 0 Å². The predicted molar refractivity (Wildman–Crippen MR) is 139 cm³/mol. The molecular weight excluding hydrogens is 448 g/mol. The first-order chi connectivity index (χ1) is 16.4. The molecule has 0 bridgehead atoms. The number of urea groups is 1. The molecule has 1 atom stereocenters. The highest BCUT2D eigenvalue weighted by atomic mass is 32.1. The largest absolute Gasteiger partial charge is 0.466 e. The third-order valence-electron chi connectivity index (χ3n) is 7.02. The van der Waals surface area contributed by atoms with Gasteiger partial charge in [0.2, 0.25) is 0 Å². The van der Waals surface area contributed by atoms with Crippen LogP contribution in [0.25, 0.3) is 10.8 Å². The van der Waals surface area contributed by atoms with Gasteiger partial charge in [-0.2, -0.15) is 0 Å². The molecule has 8 heteroatoms.